The number of ether oxygens (including phenoxy) is 3. The fraction of sp³-hybridized carbons (Fsp3) is 0.737. The van der Waals surface area contributed by atoms with Crippen molar-refractivity contribution in [1.29, 1.82) is 0 Å². The van der Waals surface area contributed by atoms with Crippen LogP contribution in [0.5, 0.6) is 0 Å². The third-order valence-corrected chi connectivity index (χ3v) is 4.23. The molecular weight excluding hydrogens is 384 g/mol. The summed E-state index contributed by atoms with van der Waals surface area (Å²) < 4.78 is 14.2. The summed E-state index contributed by atoms with van der Waals surface area (Å²) in [6.07, 6.45) is 2.42. The lowest BCUT2D eigenvalue weighted by Crippen LogP contribution is -2.52. The van der Waals surface area contributed by atoms with E-state index in [1.165, 1.54) is 14.2 Å². The summed E-state index contributed by atoms with van der Waals surface area (Å²) in [5.41, 5.74) is -0.713. The lowest BCUT2D eigenvalue weighted by atomic mass is 10.0. The lowest BCUT2D eigenvalue weighted by molar-refractivity contribution is -0.154. The Labute approximate surface area is 170 Å². The average molecular weight is 414 g/mol. The van der Waals surface area contributed by atoms with Crippen molar-refractivity contribution in [3.63, 3.8) is 0 Å². The maximum atomic E-state index is 11.9. The van der Waals surface area contributed by atoms with Gasteiger partial charge in [0.1, 0.15) is 17.7 Å². The van der Waals surface area contributed by atoms with Gasteiger partial charge in [-0.05, 0) is 46.5 Å². The van der Waals surface area contributed by atoms with Crippen molar-refractivity contribution >= 4 is 29.8 Å². The highest BCUT2D eigenvalue weighted by molar-refractivity contribution is 5.97. The number of nitrogens with zero attached hydrogens (tertiary/aromatic N) is 1. The van der Waals surface area contributed by atoms with E-state index in [9.17, 15) is 24.0 Å². The first kappa shape index (κ1) is 24.4. The van der Waals surface area contributed by atoms with Crippen LogP contribution in [-0.4, -0.2) is 66.7 Å². The Bertz CT molecular complexity index is 641. The van der Waals surface area contributed by atoms with E-state index in [0.717, 1.165) is 11.3 Å². The second kappa shape index (κ2) is 10.8. The van der Waals surface area contributed by atoms with Gasteiger partial charge in [-0.3, -0.25) is 9.59 Å². The van der Waals surface area contributed by atoms with Crippen molar-refractivity contribution in [3.8, 4) is 0 Å². The molecule has 2 heterocycles. The molecule has 2 aliphatic rings. The minimum atomic E-state index is -0.869. The Balaban J connectivity index is 0.000000326. The molecule has 0 radical (unpaired) electrons. The molecule has 2 saturated heterocycles. The second-order valence-corrected chi connectivity index (χ2v) is 7.71. The van der Waals surface area contributed by atoms with Gasteiger partial charge < -0.3 is 19.5 Å². The highest BCUT2D eigenvalue weighted by Gasteiger charge is 2.40. The van der Waals surface area contributed by atoms with E-state index in [0.29, 0.717) is 25.7 Å². The van der Waals surface area contributed by atoms with Crippen LogP contribution in [0.1, 0.15) is 59.3 Å². The number of hydrogen-bond donors (Lipinski definition) is 1. The Morgan fingerprint density at radius 2 is 1.55 bits per heavy atom. The van der Waals surface area contributed by atoms with Crippen molar-refractivity contribution in [2.45, 2.75) is 77.0 Å². The molecule has 2 atom stereocenters. The maximum Gasteiger partial charge on any atom is 0.417 e. The number of carbonyl (C=O) groups excluding carboxylic acids is 5. The van der Waals surface area contributed by atoms with Crippen LogP contribution in [0.3, 0.4) is 0 Å². The molecule has 10 nitrogen and oxygen atoms in total. The molecule has 164 valence electrons. The van der Waals surface area contributed by atoms with E-state index < -0.39 is 35.7 Å². The lowest BCUT2D eigenvalue weighted by Gasteiger charge is -2.33. The monoisotopic (exact) mass is 414 g/mol. The number of likely N-dealkylation sites (tertiary alicyclic amines) is 1. The van der Waals surface area contributed by atoms with Crippen molar-refractivity contribution in [2.24, 2.45) is 0 Å². The SMILES string of the molecule is COC(=O)[C@@H]1CCCC(=O)N1.COC(=O)[C@@H]1CCCC(=O)N1C(=O)OC(C)(C)C. The summed E-state index contributed by atoms with van der Waals surface area (Å²) >= 11 is 0. The molecule has 0 aliphatic carbocycles. The zero-order chi connectivity index (χ0) is 22.2. The summed E-state index contributed by atoms with van der Waals surface area (Å²) in [7, 11) is 2.55. The van der Waals surface area contributed by atoms with Crippen molar-refractivity contribution < 1.29 is 38.2 Å². The van der Waals surface area contributed by atoms with Crippen molar-refractivity contribution in [1.82, 2.24) is 10.2 Å². The summed E-state index contributed by atoms with van der Waals surface area (Å²) in [5, 5.41) is 2.55. The zero-order valence-corrected chi connectivity index (χ0v) is 17.6. The number of methoxy groups -OCH3 is 2. The average Bonchev–Trinajstić information content (AvgIpc) is 2.65. The molecule has 2 aliphatic heterocycles. The van der Waals surface area contributed by atoms with Crippen LogP contribution in [-0.2, 0) is 33.4 Å². The van der Waals surface area contributed by atoms with Gasteiger partial charge in [0.25, 0.3) is 0 Å². The normalized spacial score (nSPS) is 21.9. The van der Waals surface area contributed by atoms with E-state index in [1.807, 2.05) is 0 Å². The topological polar surface area (TPSA) is 128 Å². The summed E-state index contributed by atoms with van der Waals surface area (Å²) in [4.78, 5) is 57.8. The van der Waals surface area contributed by atoms with Gasteiger partial charge in [0.2, 0.25) is 11.8 Å². The smallest absolute Gasteiger partial charge is 0.417 e. The van der Waals surface area contributed by atoms with Crippen LogP contribution in [0.15, 0.2) is 0 Å². The van der Waals surface area contributed by atoms with Crippen LogP contribution in [0, 0.1) is 0 Å². The van der Waals surface area contributed by atoms with E-state index >= 15 is 0 Å². The fourth-order valence-electron chi connectivity index (χ4n) is 2.89. The van der Waals surface area contributed by atoms with Gasteiger partial charge in [0, 0.05) is 12.8 Å². The molecule has 10 heteroatoms. The van der Waals surface area contributed by atoms with Gasteiger partial charge >= 0.3 is 18.0 Å². The second-order valence-electron chi connectivity index (χ2n) is 7.71. The molecule has 0 aromatic rings. The molecule has 0 spiro atoms. The maximum absolute atomic E-state index is 11.9. The van der Waals surface area contributed by atoms with Crippen LogP contribution >= 0.6 is 0 Å². The van der Waals surface area contributed by atoms with Gasteiger partial charge in [-0.25, -0.2) is 19.3 Å². The molecule has 0 aromatic heterocycles. The van der Waals surface area contributed by atoms with Gasteiger partial charge in [0.05, 0.1) is 14.2 Å². The molecule has 2 rings (SSSR count). The Morgan fingerprint density at radius 1 is 0.966 bits per heavy atom. The Kier molecular flexibility index (Phi) is 9.06. The highest BCUT2D eigenvalue weighted by Crippen LogP contribution is 2.22. The zero-order valence-electron chi connectivity index (χ0n) is 17.6. The molecule has 3 amide bonds. The van der Waals surface area contributed by atoms with E-state index in [1.54, 1.807) is 20.8 Å². The molecular formula is C19H30N2O8. The number of hydrogen-bond acceptors (Lipinski definition) is 8. The number of rotatable bonds is 2. The first-order valence-corrected chi connectivity index (χ1v) is 9.50. The van der Waals surface area contributed by atoms with Crippen LogP contribution in [0.4, 0.5) is 4.79 Å². The molecule has 2 fully saturated rings. The molecule has 1 N–H and O–H groups in total. The van der Waals surface area contributed by atoms with Crippen molar-refractivity contribution in [2.75, 3.05) is 14.2 Å². The number of amides is 3. The van der Waals surface area contributed by atoms with Gasteiger partial charge in [-0.15, -0.1) is 0 Å². The third-order valence-electron chi connectivity index (χ3n) is 4.23. The van der Waals surface area contributed by atoms with Gasteiger partial charge in [-0.1, -0.05) is 0 Å². The molecule has 0 aromatic carbocycles. The molecule has 0 unspecified atom stereocenters. The third kappa shape index (κ3) is 7.71. The molecule has 0 bridgehead atoms. The number of piperidine rings is 2. The number of carbonyl (C=O) groups is 5. The minimum Gasteiger partial charge on any atom is -0.467 e. The predicted octanol–water partition coefficient (Wildman–Crippen LogP) is 1.30. The van der Waals surface area contributed by atoms with Crippen LogP contribution < -0.4 is 5.32 Å². The predicted molar refractivity (Wildman–Crippen MR) is 101 cm³/mol. The summed E-state index contributed by atoms with van der Waals surface area (Å²) in [5.74, 6) is -1.40. The Hall–Kier alpha value is -2.65. The first-order chi connectivity index (χ1) is 13.5. The quantitative estimate of drug-likeness (QED) is 0.529. The minimum absolute atomic E-state index is 0.0633. The highest BCUT2D eigenvalue weighted by atomic mass is 16.6. The Morgan fingerprint density at radius 3 is 2.07 bits per heavy atom. The van der Waals surface area contributed by atoms with Crippen LogP contribution in [0.2, 0.25) is 0 Å². The number of imide groups is 1. The van der Waals surface area contributed by atoms with E-state index in [-0.39, 0.29) is 18.3 Å². The van der Waals surface area contributed by atoms with E-state index in [4.69, 9.17) is 4.74 Å². The first-order valence-electron chi connectivity index (χ1n) is 9.50. The van der Waals surface area contributed by atoms with Crippen LogP contribution in [0.25, 0.3) is 0 Å². The number of esters is 2. The standard InChI is InChI=1S/C12H19NO5.C7H11NO3/c1-12(2,3)18-11(16)13-8(10(15)17-4)6-5-7-9(13)14;1-11-7(10)5-3-2-4-6(9)8-5/h8H,5-7H2,1-4H3;5H,2-4H2,1H3,(H,8,9)/t8-;5-/m00/s1. The van der Waals surface area contributed by atoms with E-state index in [2.05, 4.69) is 14.8 Å². The van der Waals surface area contributed by atoms with Crippen molar-refractivity contribution in [3.05, 3.63) is 0 Å². The summed E-state index contributed by atoms with van der Waals surface area (Å²) in [6.45, 7) is 5.10. The fourth-order valence-corrected chi connectivity index (χ4v) is 2.89. The molecule has 0 saturated carbocycles. The summed E-state index contributed by atoms with van der Waals surface area (Å²) in [6, 6.07) is -1.28. The molecule has 29 heavy (non-hydrogen) atoms. The van der Waals surface area contributed by atoms with Gasteiger partial charge in [-0.2, -0.15) is 0 Å². The van der Waals surface area contributed by atoms with Gasteiger partial charge in [0.15, 0.2) is 0 Å². The number of nitrogens with one attached hydrogen (secondary N) is 1. The largest absolute Gasteiger partial charge is 0.467 e.